The van der Waals surface area contributed by atoms with Crippen molar-refractivity contribution < 1.29 is 18.7 Å². The van der Waals surface area contributed by atoms with Crippen LogP contribution in [0.4, 0.5) is 8.78 Å². The average Bonchev–Trinajstić information content (AvgIpc) is 3.39. The number of aromatic nitrogens is 3. The number of nitrogens with zero attached hydrogens (tertiary/aromatic N) is 2. The van der Waals surface area contributed by atoms with Gasteiger partial charge in [-0.2, -0.15) is 5.10 Å². The maximum absolute atomic E-state index is 16.1. The zero-order valence-electron chi connectivity index (χ0n) is 19.9. The maximum atomic E-state index is 16.1. The topological polar surface area (TPSA) is 70.9 Å². The summed E-state index contributed by atoms with van der Waals surface area (Å²) in [5, 5.41) is 17.8. The lowest BCUT2D eigenvalue weighted by Gasteiger charge is -2.34. The Morgan fingerprint density at radius 3 is 2.56 bits per heavy atom. The summed E-state index contributed by atoms with van der Waals surface area (Å²) < 4.78 is 32.3. The van der Waals surface area contributed by atoms with Crippen LogP contribution in [0.1, 0.15) is 75.1 Å². The summed E-state index contributed by atoms with van der Waals surface area (Å²) in [6.45, 7) is 7.69. The maximum Gasteiger partial charge on any atom is 0.309 e. The number of H-pyrrole nitrogens is 1. The normalized spacial score (nSPS) is 21.1. The molecule has 178 valence electrons. The van der Waals surface area contributed by atoms with Crippen LogP contribution in [0.25, 0.3) is 27.5 Å². The Morgan fingerprint density at radius 1 is 1.24 bits per heavy atom. The van der Waals surface area contributed by atoms with Gasteiger partial charge in [-0.3, -0.25) is 9.89 Å². The second kappa shape index (κ2) is 7.93. The molecule has 0 spiro atoms. The number of aryl methyl sites for hydroxylation is 1. The number of halogens is 2. The third-order valence-corrected chi connectivity index (χ3v) is 7.64. The molecule has 0 amide bonds. The highest BCUT2D eigenvalue weighted by Crippen LogP contribution is 2.49. The Bertz CT molecular complexity index is 1430. The van der Waals surface area contributed by atoms with E-state index in [1.807, 2.05) is 6.07 Å². The van der Waals surface area contributed by atoms with E-state index in [-0.39, 0.29) is 23.5 Å². The molecule has 0 bridgehead atoms. The molecule has 0 radical (unpaired) electrons. The summed E-state index contributed by atoms with van der Waals surface area (Å²) in [6.07, 6.45) is 4.04. The summed E-state index contributed by atoms with van der Waals surface area (Å²) in [5.41, 5.74) is 3.57. The van der Waals surface area contributed by atoms with E-state index < -0.39 is 11.4 Å². The minimum atomic E-state index is -0.774. The van der Waals surface area contributed by atoms with Crippen molar-refractivity contribution in [1.29, 1.82) is 0 Å². The first-order chi connectivity index (χ1) is 16.1. The number of carboxylic acids is 1. The fourth-order valence-corrected chi connectivity index (χ4v) is 5.63. The van der Waals surface area contributed by atoms with Crippen LogP contribution in [0.5, 0.6) is 0 Å². The van der Waals surface area contributed by atoms with Gasteiger partial charge in [-0.15, -0.1) is 0 Å². The highest BCUT2D eigenvalue weighted by atomic mass is 19.1. The van der Waals surface area contributed by atoms with Crippen molar-refractivity contribution in [3.05, 3.63) is 58.9 Å². The molecule has 4 aromatic rings. The largest absolute Gasteiger partial charge is 0.481 e. The van der Waals surface area contributed by atoms with E-state index in [1.54, 1.807) is 32.2 Å². The van der Waals surface area contributed by atoms with Gasteiger partial charge in [0.05, 0.1) is 17.1 Å². The number of carboxylic acid groups (broad SMARTS) is 1. The molecule has 0 unspecified atom stereocenters. The van der Waals surface area contributed by atoms with Gasteiger partial charge in [-0.1, -0.05) is 13.8 Å². The van der Waals surface area contributed by atoms with Crippen molar-refractivity contribution in [2.75, 3.05) is 0 Å². The van der Waals surface area contributed by atoms with Gasteiger partial charge in [0.2, 0.25) is 0 Å². The number of rotatable bonds is 4. The molecule has 2 N–H and O–H groups in total. The Labute approximate surface area is 196 Å². The minimum absolute atomic E-state index is 0.0324. The average molecular weight is 466 g/mol. The Kier molecular flexibility index (Phi) is 5.26. The van der Waals surface area contributed by atoms with Crippen LogP contribution in [0.2, 0.25) is 0 Å². The lowest BCUT2D eigenvalue weighted by molar-refractivity contribution is -0.149. The van der Waals surface area contributed by atoms with Crippen molar-refractivity contribution in [3.8, 4) is 5.69 Å². The highest BCUT2D eigenvalue weighted by molar-refractivity contribution is 5.99. The Hall–Kier alpha value is -3.22. The predicted octanol–water partition coefficient (Wildman–Crippen LogP) is 6.97. The first-order valence-electron chi connectivity index (χ1n) is 11.8. The van der Waals surface area contributed by atoms with E-state index in [9.17, 15) is 14.3 Å². The van der Waals surface area contributed by atoms with E-state index in [4.69, 9.17) is 0 Å². The van der Waals surface area contributed by atoms with E-state index in [0.717, 1.165) is 22.5 Å². The minimum Gasteiger partial charge on any atom is -0.481 e. The van der Waals surface area contributed by atoms with Gasteiger partial charge in [0.25, 0.3) is 0 Å². The zero-order valence-corrected chi connectivity index (χ0v) is 19.9. The SMILES string of the molecule is Cc1cc(-n2c(C(C)C)c(C3CCC(C)(C(=O)O)CC3)c3c(F)c4[nH]ncc4cc32)ccc1F. The summed E-state index contributed by atoms with van der Waals surface area (Å²) in [5.74, 6) is -1.30. The first-order valence-corrected chi connectivity index (χ1v) is 11.8. The van der Waals surface area contributed by atoms with Gasteiger partial charge in [-0.25, -0.2) is 8.78 Å². The number of nitrogens with one attached hydrogen (secondary N) is 1. The van der Waals surface area contributed by atoms with Gasteiger partial charge in [0, 0.05) is 22.2 Å². The summed E-state index contributed by atoms with van der Waals surface area (Å²) >= 11 is 0. The number of hydrogen-bond acceptors (Lipinski definition) is 2. The monoisotopic (exact) mass is 465 g/mol. The third kappa shape index (κ3) is 3.32. The van der Waals surface area contributed by atoms with Crippen LogP contribution in [0, 0.1) is 24.0 Å². The van der Waals surface area contributed by atoms with E-state index >= 15 is 4.39 Å². The number of carbonyl (C=O) groups is 1. The van der Waals surface area contributed by atoms with Crippen LogP contribution >= 0.6 is 0 Å². The highest BCUT2D eigenvalue weighted by Gasteiger charge is 2.40. The van der Waals surface area contributed by atoms with Gasteiger partial charge >= 0.3 is 5.97 Å². The summed E-state index contributed by atoms with van der Waals surface area (Å²) in [4.78, 5) is 11.8. The molecule has 0 aliphatic heterocycles. The Balaban J connectivity index is 1.82. The van der Waals surface area contributed by atoms with Gasteiger partial charge in [0.1, 0.15) is 11.3 Å². The van der Waals surface area contributed by atoms with Crippen LogP contribution in [0.15, 0.2) is 30.5 Å². The lowest BCUT2D eigenvalue weighted by Crippen LogP contribution is -2.32. The molecule has 2 aromatic carbocycles. The second-order valence-electron chi connectivity index (χ2n) is 10.3. The van der Waals surface area contributed by atoms with Crippen LogP contribution < -0.4 is 0 Å². The third-order valence-electron chi connectivity index (χ3n) is 7.64. The van der Waals surface area contributed by atoms with E-state index in [1.165, 1.54) is 6.07 Å². The molecule has 1 aliphatic rings. The van der Waals surface area contributed by atoms with Crippen molar-refractivity contribution >= 4 is 27.8 Å². The number of aliphatic carboxylic acids is 1. The van der Waals surface area contributed by atoms with Crippen LogP contribution in [0.3, 0.4) is 0 Å². The molecule has 34 heavy (non-hydrogen) atoms. The first kappa shape index (κ1) is 22.6. The molecule has 1 aliphatic carbocycles. The molecule has 7 heteroatoms. The zero-order chi connectivity index (χ0) is 24.4. The standard InChI is InChI=1S/C27H29F2N3O2/c1-14(2)25-21(16-7-9-27(4,10-8-16)26(33)34)22-20(12-17-13-30-31-24(17)23(22)29)32(25)18-5-6-19(28)15(3)11-18/h5-6,11-14,16H,7-10H2,1-4H3,(H,30,31)(H,33,34). The number of hydrogen-bond donors (Lipinski definition) is 2. The molecule has 1 fully saturated rings. The predicted molar refractivity (Wildman–Crippen MR) is 129 cm³/mol. The fourth-order valence-electron chi connectivity index (χ4n) is 5.63. The van der Waals surface area contributed by atoms with Gasteiger partial charge < -0.3 is 9.67 Å². The molecule has 5 nitrogen and oxygen atoms in total. The summed E-state index contributed by atoms with van der Waals surface area (Å²) in [6, 6.07) is 6.92. The quantitative estimate of drug-likeness (QED) is 0.342. The van der Waals surface area contributed by atoms with Crippen molar-refractivity contribution in [2.45, 2.75) is 65.2 Å². The van der Waals surface area contributed by atoms with Crippen LogP contribution in [-0.2, 0) is 4.79 Å². The van der Waals surface area contributed by atoms with Gasteiger partial charge in [0.15, 0.2) is 5.82 Å². The number of aromatic amines is 1. The molecule has 1 saturated carbocycles. The smallest absolute Gasteiger partial charge is 0.309 e. The van der Waals surface area contributed by atoms with Crippen molar-refractivity contribution in [2.24, 2.45) is 5.41 Å². The van der Waals surface area contributed by atoms with E-state index in [0.29, 0.717) is 47.5 Å². The van der Waals surface area contributed by atoms with E-state index in [2.05, 4.69) is 28.6 Å². The molecule has 0 atom stereocenters. The van der Waals surface area contributed by atoms with Crippen molar-refractivity contribution in [1.82, 2.24) is 14.8 Å². The molecule has 5 rings (SSSR count). The molecular weight excluding hydrogens is 436 g/mol. The number of fused-ring (bicyclic) bond motifs is 2. The summed E-state index contributed by atoms with van der Waals surface area (Å²) in [7, 11) is 0. The Morgan fingerprint density at radius 2 is 1.94 bits per heavy atom. The molecule has 2 heterocycles. The van der Waals surface area contributed by atoms with Crippen molar-refractivity contribution in [3.63, 3.8) is 0 Å². The lowest BCUT2D eigenvalue weighted by atomic mass is 9.69. The number of benzene rings is 2. The van der Waals surface area contributed by atoms with Gasteiger partial charge in [-0.05, 0) is 86.8 Å². The second-order valence-corrected chi connectivity index (χ2v) is 10.3. The fraction of sp³-hybridized carbons (Fsp3) is 0.407. The molecule has 0 saturated heterocycles. The molecule has 2 aromatic heterocycles. The molecular formula is C27H29F2N3O2. The van der Waals surface area contributed by atoms with Crippen LogP contribution in [-0.4, -0.2) is 25.8 Å².